The van der Waals surface area contributed by atoms with Crippen LogP contribution in [0.2, 0.25) is 0 Å². The molecule has 0 radical (unpaired) electrons. The number of nitrogens with one attached hydrogen (secondary N) is 1. The van der Waals surface area contributed by atoms with E-state index in [1.807, 2.05) is 12.1 Å². The van der Waals surface area contributed by atoms with Gasteiger partial charge in [-0.15, -0.1) is 0 Å². The van der Waals surface area contributed by atoms with E-state index in [0.29, 0.717) is 11.3 Å². The summed E-state index contributed by atoms with van der Waals surface area (Å²) in [5.74, 6) is -1.80. The monoisotopic (exact) mass is 397 g/mol. The molecule has 0 aliphatic carbocycles. The second-order valence-electron chi connectivity index (χ2n) is 6.31. The van der Waals surface area contributed by atoms with E-state index >= 15 is 0 Å². The average Bonchev–Trinajstić information content (AvgIpc) is 2.72. The molecular weight excluding hydrogens is 374 g/mol. The van der Waals surface area contributed by atoms with Crippen molar-refractivity contribution in [2.45, 2.75) is 20.0 Å². The number of anilines is 1. The average molecular weight is 397 g/mol. The van der Waals surface area contributed by atoms with Crippen LogP contribution in [0.1, 0.15) is 24.2 Å². The molecule has 0 heterocycles. The normalized spacial score (nSPS) is 11.0. The van der Waals surface area contributed by atoms with Crippen LogP contribution in [0.15, 0.2) is 60.3 Å². The standard InChI is InChI=1S/C22H23NO6/c1-14(2)29-21(25)17-9-5-7-15(11-17)16-8-6-10-18(12-16)23-19(22(26)28-4)13-20(24)27-3/h5-14,23H,1-4H3/b19-13+. The molecule has 0 saturated carbocycles. The maximum Gasteiger partial charge on any atom is 0.354 e. The summed E-state index contributed by atoms with van der Waals surface area (Å²) in [5, 5.41) is 2.86. The number of carbonyl (C=O) groups is 3. The Bertz CT molecular complexity index is 932. The third-order valence-electron chi connectivity index (χ3n) is 3.78. The van der Waals surface area contributed by atoms with Gasteiger partial charge in [-0.3, -0.25) is 0 Å². The van der Waals surface area contributed by atoms with Gasteiger partial charge in [0.05, 0.1) is 32.0 Å². The Kier molecular flexibility index (Phi) is 7.54. The molecule has 0 unspecified atom stereocenters. The third kappa shape index (κ3) is 6.21. The van der Waals surface area contributed by atoms with Gasteiger partial charge < -0.3 is 19.5 Å². The molecule has 0 atom stereocenters. The maximum atomic E-state index is 12.2. The molecule has 1 N–H and O–H groups in total. The molecule has 29 heavy (non-hydrogen) atoms. The largest absolute Gasteiger partial charge is 0.466 e. The fourth-order valence-corrected chi connectivity index (χ4v) is 2.47. The Morgan fingerprint density at radius 2 is 1.59 bits per heavy atom. The number of ether oxygens (including phenoxy) is 3. The van der Waals surface area contributed by atoms with E-state index in [2.05, 4.69) is 14.8 Å². The van der Waals surface area contributed by atoms with Crippen molar-refractivity contribution in [3.05, 3.63) is 65.9 Å². The minimum Gasteiger partial charge on any atom is -0.466 e. The summed E-state index contributed by atoms with van der Waals surface area (Å²) < 4.78 is 14.5. The number of rotatable bonds is 7. The first-order chi connectivity index (χ1) is 13.8. The van der Waals surface area contributed by atoms with Crippen molar-refractivity contribution in [1.82, 2.24) is 0 Å². The van der Waals surface area contributed by atoms with Gasteiger partial charge in [0.1, 0.15) is 5.70 Å². The minimum absolute atomic E-state index is 0.0641. The molecule has 0 saturated heterocycles. The molecule has 0 amide bonds. The van der Waals surface area contributed by atoms with E-state index in [1.165, 1.54) is 14.2 Å². The molecule has 7 nitrogen and oxygen atoms in total. The molecule has 0 aromatic heterocycles. The van der Waals surface area contributed by atoms with Crippen molar-refractivity contribution in [3.8, 4) is 11.1 Å². The van der Waals surface area contributed by atoms with Gasteiger partial charge in [0, 0.05) is 5.69 Å². The third-order valence-corrected chi connectivity index (χ3v) is 3.78. The second-order valence-corrected chi connectivity index (χ2v) is 6.31. The molecule has 0 fully saturated rings. The van der Waals surface area contributed by atoms with Gasteiger partial charge in [-0.05, 0) is 49.2 Å². The molecule has 0 bridgehead atoms. The lowest BCUT2D eigenvalue weighted by atomic mass is 10.0. The van der Waals surface area contributed by atoms with Gasteiger partial charge in [0.15, 0.2) is 0 Å². The quantitative estimate of drug-likeness (QED) is 0.434. The number of esters is 3. The lowest BCUT2D eigenvalue weighted by Crippen LogP contribution is -2.15. The van der Waals surface area contributed by atoms with Crippen LogP contribution in [0.25, 0.3) is 11.1 Å². The van der Waals surface area contributed by atoms with Crippen LogP contribution in [0.4, 0.5) is 5.69 Å². The summed E-state index contributed by atoms with van der Waals surface area (Å²) in [6.07, 6.45) is 0.804. The fraction of sp³-hybridized carbons (Fsp3) is 0.227. The number of hydrogen-bond donors (Lipinski definition) is 1. The van der Waals surface area contributed by atoms with Crippen molar-refractivity contribution < 1.29 is 28.6 Å². The van der Waals surface area contributed by atoms with Crippen LogP contribution in [-0.4, -0.2) is 38.2 Å². The molecule has 0 aliphatic rings. The zero-order valence-electron chi connectivity index (χ0n) is 16.7. The topological polar surface area (TPSA) is 90.9 Å². The summed E-state index contributed by atoms with van der Waals surface area (Å²) in [7, 11) is 2.43. The van der Waals surface area contributed by atoms with Crippen LogP contribution in [0.5, 0.6) is 0 Å². The van der Waals surface area contributed by atoms with E-state index in [4.69, 9.17) is 4.74 Å². The summed E-state index contributed by atoms with van der Waals surface area (Å²) in [4.78, 5) is 35.6. The van der Waals surface area contributed by atoms with Gasteiger partial charge in [-0.2, -0.15) is 0 Å². The highest BCUT2D eigenvalue weighted by atomic mass is 16.5. The lowest BCUT2D eigenvalue weighted by molar-refractivity contribution is -0.138. The van der Waals surface area contributed by atoms with Crippen LogP contribution in [0, 0.1) is 0 Å². The van der Waals surface area contributed by atoms with Gasteiger partial charge in [0.2, 0.25) is 0 Å². The zero-order valence-corrected chi connectivity index (χ0v) is 16.7. The van der Waals surface area contributed by atoms with Crippen molar-refractivity contribution in [1.29, 1.82) is 0 Å². The van der Waals surface area contributed by atoms with Crippen LogP contribution < -0.4 is 5.32 Å². The molecule has 7 heteroatoms. The Morgan fingerprint density at radius 1 is 0.931 bits per heavy atom. The number of carbonyl (C=O) groups excluding carboxylic acids is 3. The Morgan fingerprint density at radius 3 is 2.21 bits per heavy atom. The molecule has 0 aliphatic heterocycles. The van der Waals surface area contributed by atoms with Crippen molar-refractivity contribution >= 4 is 23.6 Å². The van der Waals surface area contributed by atoms with E-state index in [1.54, 1.807) is 50.2 Å². The summed E-state index contributed by atoms with van der Waals surface area (Å²) >= 11 is 0. The molecule has 2 aromatic carbocycles. The van der Waals surface area contributed by atoms with E-state index < -0.39 is 17.9 Å². The summed E-state index contributed by atoms with van der Waals surface area (Å²) in [6.45, 7) is 3.58. The number of hydrogen-bond acceptors (Lipinski definition) is 7. The van der Waals surface area contributed by atoms with Crippen molar-refractivity contribution in [2.75, 3.05) is 19.5 Å². The molecule has 152 valence electrons. The molecule has 2 rings (SSSR count). The predicted octanol–water partition coefficient (Wildman–Crippen LogP) is 3.56. The first-order valence-corrected chi connectivity index (χ1v) is 8.90. The number of benzene rings is 2. The van der Waals surface area contributed by atoms with E-state index in [0.717, 1.165) is 17.2 Å². The van der Waals surface area contributed by atoms with Gasteiger partial charge in [-0.1, -0.05) is 24.3 Å². The van der Waals surface area contributed by atoms with Crippen LogP contribution in [0.3, 0.4) is 0 Å². The van der Waals surface area contributed by atoms with Crippen molar-refractivity contribution in [3.63, 3.8) is 0 Å². The van der Waals surface area contributed by atoms with Gasteiger partial charge in [0.25, 0.3) is 0 Å². The summed E-state index contributed by atoms with van der Waals surface area (Å²) in [5.41, 5.74) is 2.53. The maximum absolute atomic E-state index is 12.2. The van der Waals surface area contributed by atoms with Gasteiger partial charge in [-0.25, -0.2) is 14.4 Å². The highest BCUT2D eigenvalue weighted by molar-refractivity contribution is 5.99. The fourth-order valence-electron chi connectivity index (χ4n) is 2.47. The van der Waals surface area contributed by atoms with Crippen molar-refractivity contribution in [2.24, 2.45) is 0 Å². The first kappa shape index (κ1) is 21.7. The SMILES string of the molecule is COC(=O)/C=C(/Nc1cccc(-c2cccc(C(=O)OC(C)C)c2)c1)C(=O)OC. The summed E-state index contributed by atoms with van der Waals surface area (Å²) in [6, 6.07) is 14.2. The number of methoxy groups -OCH3 is 2. The second kappa shape index (κ2) is 10.1. The Hall–Kier alpha value is -3.61. The minimum atomic E-state index is -0.709. The Balaban J connectivity index is 2.31. The predicted molar refractivity (Wildman–Crippen MR) is 108 cm³/mol. The molecular formula is C22H23NO6. The lowest BCUT2D eigenvalue weighted by Gasteiger charge is -2.12. The van der Waals surface area contributed by atoms with Gasteiger partial charge >= 0.3 is 17.9 Å². The van der Waals surface area contributed by atoms with Crippen LogP contribution in [-0.2, 0) is 23.8 Å². The first-order valence-electron chi connectivity index (χ1n) is 8.90. The van der Waals surface area contributed by atoms with E-state index in [-0.39, 0.29) is 11.8 Å². The molecule has 0 spiro atoms. The smallest absolute Gasteiger partial charge is 0.354 e. The zero-order chi connectivity index (χ0) is 21.4. The van der Waals surface area contributed by atoms with E-state index in [9.17, 15) is 14.4 Å². The van der Waals surface area contributed by atoms with Crippen LogP contribution >= 0.6 is 0 Å². The Labute approximate surface area is 169 Å². The molecule has 2 aromatic rings. The highest BCUT2D eigenvalue weighted by Crippen LogP contribution is 2.25. The highest BCUT2D eigenvalue weighted by Gasteiger charge is 2.14.